The van der Waals surface area contributed by atoms with E-state index in [2.05, 4.69) is 0 Å². The SMILES string of the molecule is COc1cc(OCc2ccccc2)c(C(=O)Cl)cc1OC. The molecule has 2 aromatic carbocycles. The van der Waals surface area contributed by atoms with Gasteiger partial charge in [0.2, 0.25) is 0 Å². The summed E-state index contributed by atoms with van der Waals surface area (Å²) in [6, 6.07) is 12.7. The van der Waals surface area contributed by atoms with E-state index in [4.69, 9.17) is 25.8 Å². The van der Waals surface area contributed by atoms with Gasteiger partial charge in [-0.2, -0.15) is 0 Å². The first-order valence-corrected chi connectivity index (χ1v) is 6.66. The summed E-state index contributed by atoms with van der Waals surface area (Å²) in [6.45, 7) is 0.327. The highest BCUT2D eigenvalue weighted by Gasteiger charge is 2.16. The monoisotopic (exact) mass is 306 g/mol. The van der Waals surface area contributed by atoms with Crippen molar-refractivity contribution >= 4 is 16.8 Å². The van der Waals surface area contributed by atoms with Gasteiger partial charge in [-0.1, -0.05) is 30.3 Å². The average molecular weight is 307 g/mol. The topological polar surface area (TPSA) is 44.8 Å². The molecule has 0 spiro atoms. The number of ether oxygens (including phenoxy) is 3. The second kappa shape index (κ2) is 6.99. The van der Waals surface area contributed by atoms with Crippen molar-refractivity contribution in [1.29, 1.82) is 0 Å². The Morgan fingerprint density at radius 1 is 1.00 bits per heavy atom. The lowest BCUT2D eigenvalue weighted by molar-refractivity contribution is 0.107. The fraction of sp³-hybridized carbons (Fsp3) is 0.188. The Bertz CT molecular complexity index is 626. The smallest absolute Gasteiger partial charge is 0.256 e. The summed E-state index contributed by atoms with van der Waals surface area (Å²) in [7, 11) is 3.01. The van der Waals surface area contributed by atoms with Crippen LogP contribution in [0.3, 0.4) is 0 Å². The van der Waals surface area contributed by atoms with E-state index in [1.807, 2.05) is 30.3 Å². The molecular formula is C16H15ClO4. The van der Waals surface area contributed by atoms with Gasteiger partial charge >= 0.3 is 0 Å². The van der Waals surface area contributed by atoms with Crippen LogP contribution < -0.4 is 14.2 Å². The first-order chi connectivity index (χ1) is 10.2. The third kappa shape index (κ3) is 3.67. The van der Waals surface area contributed by atoms with E-state index in [0.29, 0.717) is 23.9 Å². The number of methoxy groups -OCH3 is 2. The molecule has 0 saturated carbocycles. The third-order valence-electron chi connectivity index (χ3n) is 2.93. The minimum atomic E-state index is -0.612. The molecule has 2 rings (SSSR count). The maximum Gasteiger partial charge on any atom is 0.256 e. The van der Waals surface area contributed by atoms with E-state index < -0.39 is 5.24 Å². The Labute approximate surface area is 128 Å². The van der Waals surface area contributed by atoms with Crippen molar-refractivity contribution < 1.29 is 19.0 Å². The molecule has 0 heterocycles. The molecule has 0 bridgehead atoms. The predicted octanol–water partition coefficient (Wildman–Crippen LogP) is 3.66. The molecule has 0 saturated heterocycles. The van der Waals surface area contributed by atoms with Crippen LogP contribution in [0.5, 0.6) is 17.2 Å². The summed E-state index contributed by atoms with van der Waals surface area (Å²) in [6.07, 6.45) is 0. The van der Waals surface area contributed by atoms with Gasteiger partial charge in [0.05, 0.1) is 19.8 Å². The second-order valence-corrected chi connectivity index (χ2v) is 4.59. The molecule has 0 amide bonds. The maximum atomic E-state index is 11.5. The van der Waals surface area contributed by atoms with Crippen LogP contribution in [0.2, 0.25) is 0 Å². The maximum absolute atomic E-state index is 11.5. The summed E-state index contributed by atoms with van der Waals surface area (Å²) < 4.78 is 16.0. The molecule has 2 aromatic rings. The van der Waals surface area contributed by atoms with Crippen LogP contribution >= 0.6 is 11.6 Å². The van der Waals surface area contributed by atoms with E-state index >= 15 is 0 Å². The van der Waals surface area contributed by atoms with Gasteiger partial charge in [-0.15, -0.1) is 0 Å². The first-order valence-electron chi connectivity index (χ1n) is 6.28. The van der Waals surface area contributed by atoms with Gasteiger partial charge in [-0.25, -0.2) is 0 Å². The summed E-state index contributed by atoms with van der Waals surface area (Å²) in [5.74, 6) is 1.26. The van der Waals surface area contributed by atoms with Crippen molar-refractivity contribution in [3.8, 4) is 17.2 Å². The lowest BCUT2D eigenvalue weighted by atomic mass is 10.2. The fourth-order valence-corrected chi connectivity index (χ4v) is 2.02. The lowest BCUT2D eigenvalue weighted by Gasteiger charge is -2.14. The van der Waals surface area contributed by atoms with Crippen LogP contribution in [-0.2, 0) is 6.61 Å². The Balaban J connectivity index is 2.30. The highest BCUT2D eigenvalue weighted by Crippen LogP contribution is 2.35. The first kappa shape index (κ1) is 15.2. The standard InChI is InChI=1S/C16H15ClO4/c1-19-14-8-12(16(17)18)13(9-15(14)20-2)21-10-11-6-4-3-5-7-11/h3-9H,10H2,1-2H3. The Hall–Kier alpha value is -2.20. The van der Waals surface area contributed by atoms with Crippen LogP contribution in [0.1, 0.15) is 15.9 Å². The van der Waals surface area contributed by atoms with Gasteiger partial charge < -0.3 is 14.2 Å². The van der Waals surface area contributed by atoms with Gasteiger partial charge in [0.25, 0.3) is 5.24 Å². The summed E-state index contributed by atoms with van der Waals surface area (Å²) in [5.41, 5.74) is 1.23. The number of halogens is 1. The minimum absolute atomic E-state index is 0.241. The molecular weight excluding hydrogens is 292 g/mol. The molecule has 110 valence electrons. The molecule has 0 atom stereocenters. The zero-order valence-electron chi connectivity index (χ0n) is 11.8. The lowest BCUT2D eigenvalue weighted by Crippen LogP contribution is -2.02. The van der Waals surface area contributed by atoms with E-state index in [1.54, 1.807) is 6.07 Å². The molecule has 0 radical (unpaired) electrons. The molecule has 0 aliphatic rings. The van der Waals surface area contributed by atoms with Crippen molar-refractivity contribution in [3.63, 3.8) is 0 Å². The molecule has 0 aromatic heterocycles. The van der Waals surface area contributed by atoms with Crippen molar-refractivity contribution in [2.75, 3.05) is 14.2 Å². The third-order valence-corrected chi connectivity index (χ3v) is 3.14. The molecule has 0 aliphatic carbocycles. The second-order valence-electron chi connectivity index (χ2n) is 4.25. The fourth-order valence-electron chi connectivity index (χ4n) is 1.87. The Morgan fingerprint density at radius 3 is 2.19 bits per heavy atom. The van der Waals surface area contributed by atoms with Crippen molar-refractivity contribution in [2.24, 2.45) is 0 Å². The van der Waals surface area contributed by atoms with Crippen molar-refractivity contribution in [1.82, 2.24) is 0 Å². The van der Waals surface area contributed by atoms with Crippen LogP contribution in [0.15, 0.2) is 42.5 Å². The van der Waals surface area contributed by atoms with Gasteiger partial charge in [-0.05, 0) is 23.2 Å². The Kier molecular flexibility index (Phi) is 5.06. The predicted molar refractivity (Wildman–Crippen MR) is 80.5 cm³/mol. The minimum Gasteiger partial charge on any atom is -0.493 e. The van der Waals surface area contributed by atoms with E-state index in [9.17, 15) is 4.79 Å². The zero-order chi connectivity index (χ0) is 15.2. The van der Waals surface area contributed by atoms with Gasteiger partial charge in [0, 0.05) is 6.07 Å². The number of rotatable bonds is 6. The van der Waals surface area contributed by atoms with Gasteiger partial charge in [0.15, 0.2) is 11.5 Å². The van der Waals surface area contributed by atoms with Crippen LogP contribution in [-0.4, -0.2) is 19.5 Å². The number of hydrogen-bond donors (Lipinski definition) is 0. The normalized spacial score (nSPS) is 10.0. The summed E-state index contributed by atoms with van der Waals surface area (Å²) in [5, 5.41) is -0.612. The van der Waals surface area contributed by atoms with Crippen molar-refractivity contribution in [3.05, 3.63) is 53.6 Å². The van der Waals surface area contributed by atoms with Crippen LogP contribution in [0.25, 0.3) is 0 Å². The molecule has 0 aliphatic heterocycles. The van der Waals surface area contributed by atoms with E-state index in [1.165, 1.54) is 20.3 Å². The number of hydrogen-bond acceptors (Lipinski definition) is 4. The highest BCUT2D eigenvalue weighted by molar-refractivity contribution is 6.68. The average Bonchev–Trinajstić information content (AvgIpc) is 2.52. The number of carbonyl (C=O) groups is 1. The van der Waals surface area contributed by atoms with Crippen LogP contribution in [0, 0.1) is 0 Å². The van der Waals surface area contributed by atoms with E-state index in [-0.39, 0.29) is 5.56 Å². The largest absolute Gasteiger partial charge is 0.493 e. The number of carbonyl (C=O) groups excluding carboxylic acids is 1. The molecule has 5 heteroatoms. The molecule has 4 nitrogen and oxygen atoms in total. The van der Waals surface area contributed by atoms with E-state index in [0.717, 1.165) is 5.56 Å². The Morgan fingerprint density at radius 2 is 1.62 bits per heavy atom. The summed E-state index contributed by atoms with van der Waals surface area (Å²) >= 11 is 5.60. The molecule has 0 fully saturated rings. The van der Waals surface area contributed by atoms with Gasteiger partial charge in [0.1, 0.15) is 12.4 Å². The zero-order valence-corrected chi connectivity index (χ0v) is 12.5. The molecule has 0 N–H and O–H groups in total. The molecule has 0 unspecified atom stereocenters. The molecule has 21 heavy (non-hydrogen) atoms. The van der Waals surface area contributed by atoms with Gasteiger partial charge in [-0.3, -0.25) is 4.79 Å². The van der Waals surface area contributed by atoms with Crippen LogP contribution in [0.4, 0.5) is 0 Å². The summed E-state index contributed by atoms with van der Waals surface area (Å²) in [4.78, 5) is 11.5. The van der Waals surface area contributed by atoms with Crippen molar-refractivity contribution in [2.45, 2.75) is 6.61 Å². The quantitative estimate of drug-likeness (QED) is 0.764. The highest BCUT2D eigenvalue weighted by atomic mass is 35.5. The number of benzene rings is 2.